The lowest BCUT2D eigenvalue weighted by atomic mass is 10.0. The van der Waals surface area contributed by atoms with Gasteiger partial charge in [0.2, 0.25) is 5.91 Å². The van der Waals surface area contributed by atoms with Gasteiger partial charge in [-0.3, -0.25) is 4.79 Å². The quantitative estimate of drug-likeness (QED) is 0.701. The largest absolute Gasteiger partial charge is 0.356 e. The van der Waals surface area contributed by atoms with Gasteiger partial charge in [0.05, 0.1) is 0 Å². The Hall–Kier alpha value is -0.570. The number of carbonyl (C=O) groups excluding carboxylic acids is 1. The number of nitrogens with one attached hydrogen (secondary N) is 2. The van der Waals surface area contributed by atoms with Gasteiger partial charge in [-0.2, -0.15) is 0 Å². The summed E-state index contributed by atoms with van der Waals surface area (Å²) in [5.74, 6) is 1.62. The van der Waals surface area contributed by atoms with E-state index in [0.29, 0.717) is 12.3 Å². The van der Waals surface area contributed by atoms with E-state index >= 15 is 0 Å². The normalized spacial score (nSPS) is 20.9. The first-order valence-electron chi connectivity index (χ1n) is 6.16. The summed E-state index contributed by atoms with van der Waals surface area (Å²) in [5, 5.41) is 6.30. The predicted octanol–water partition coefficient (Wildman–Crippen LogP) is 1.54. The fourth-order valence-corrected chi connectivity index (χ4v) is 1.88. The summed E-state index contributed by atoms with van der Waals surface area (Å²) < 4.78 is 0. The lowest BCUT2D eigenvalue weighted by molar-refractivity contribution is -0.121. The molecule has 0 aromatic heterocycles. The summed E-state index contributed by atoms with van der Waals surface area (Å²) in [6.45, 7) is 7.41. The van der Waals surface area contributed by atoms with E-state index in [1.165, 1.54) is 6.42 Å². The number of hydrogen-bond donors (Lipinski definition) is 2. The van der Waals surface area contributed by atoms with Crippen LogP contribution in [-0.4, -0.2) is 25.5 Å². The maximum Gasteiger partial charge on any atom is 0.220 e. The molecule has 3 nitrogen and oxygen atoms in total. The Morgan fingerprint density at radius 2 is 2.33 bits per heavy atom. The van der Waals surface area contributed by atoms with Crippen LogP contribution >= 0.6 is 0 Å². The van der Waals surface area contributed by atoms with Crippen LogP contribution in [0.5, 0.6) is 0 Å². The van der Waals surface area contributed by atoms with E-state index in [1.807, 2.05) is 0 Å². The van der Waals surface area contributed by atoms with E-state index in [9.17, 15) is 4.79 Å². The molecule has 1 rings (SSSR count). The van der Waals surface area contributed by atoms with Crippen molar-refractivity contribution in [2.75, 3.05) is 19.6 Å². The van der Waals surface area contributed by atoms with E-state index in [0.717, 1.165) is 38.4 Å². The van der Waals surface area contributed by atoms with Crippen molar-refractivity contribution >= 4 is 5.91 Å². The third-order valence-electron chi connectivity index (χ3n) is 2.99. The minimum absolute atomic E-state index is 0.225. The first-order valence-corrected chi connectivity index (χ1v) is 6.16. The minimum Gasteiger partial charge on any atom is -0.356 e. The smallest absolute Gasteiger partial charge is 0.220 e. The van der Waals surface area contributed by atoms with Crippen LogP contribution in [0, 0.1) is 11.8 Å². The second-order valence-electron chi connectivity index (χ2n) is 4.93. The molecule has 15 heavy (non-hydrogen) atoms. The van der Waals surface area contributed by atoms with Crippen molar-refractivity contribution in [2.24, 2.45) is 11.8 Å². The Balaban J connectivity index is 1.98. The van der Waals surface area contributed by atoms with Gasteiger partial charge in [0, 0.05) is 13.0 Å². The minimum atomic E-state index is 0.225. The molecule has 1 heterocycles. The van der Waals surface area contributed by atoms with Crippen LogP contribution in [0.15, 0.2) is 0 Å². The zero-order valence-electron chi connectivity index (χ0n) is 10.0. The van der Waals surface area contributed by atoms with Gasteiger partial charge < -0.3 is 10.6 Å². The fraction of sp³-hybridized carbons (Fsp3) is 0.917. The van der Waals surface area contributed by atoms with Gasteiger partial charge in [-0.05, 0) is 44.2 Å². The van der Waals surface area contributed by atoms with Crippen LogP contribution in [0.1, 0.15) is 39.5 Å². The van der Waals surface area contributed by atoms with E-state index in [1.54, 1.807) is 0 Å². The zero-order chi connectivity index (χ0) is 11.1. The number of rotatable bonds is 6. The summed E-state index contributed by atoms with van der Waals surface area (Å²) in [5.41, 5.74) is 0. The lowest BCUT2D eigenvalue weighted by Crippen LogP contribution is -2.25. The number of carbonyl (C=O) groups is 1. The average Bonchev–Trinajstić information content (AvgIpc) is 2.66. The summed E-state index contributed by atoms with van der Waals surface area (Å²) in [6, 6.07) is 0. The van der Waals surface area contributed by atoms with E-state index in [4.69, 9.17) is 0 Å². The zero-order valence-corrected chi connectivity index (χ0v) is 10.0. The van der Waals surface area contributed by atoms with Gasteiger partial charge >= 0.3 is 0 Å². The predicted molar refractivity (Wildman–Crippen MR) is 62.7 cm³/mol. The molecule has 0 aliphatic carbocycles. The molecular formula is C12H24N2O. The molecule has 0 spiro atoms. The molecule has 1 fully saturated rings. The molecule has 1 amide bonds. The maximum atomic E-state index is 11.4. The van der Waals surface area contributed by atoms with E-state index in [-0.39, 0.29) is 5.91 Å². The van der Waals surface area contributed by atoms with Crippen molar-refractivity contribution < 1.29 is 4.79 Å². The molecule has 1 aliphatic rings. The SMILES string of the molecule is CC(C)CCNC(=O)CCC1CCNC1. The van der Waals surface area contributed by atoms with Crippen molar-refractivity contribution in [2.45, 2.75) is 39.5 Å². The van der Waals surface area contributed by atoms with Gasteiger partial charge in [0.25, 0.3) is 0 Å². The Kier molecular flexibility index (Phi) is 5.69. The summed E-state index contributed by atoms with van der Waals surface area (Å²) in [7, 11) is 0. The Bertz CT molecular complexity index is 186. The van der Waals surface area contributed by atoms with Crippen LogP contribution < -0.4 is 10.6 Å². The summed E-state index contributed by atoms with van der Waals surface area (Å²) in [4.78, 5) is 11.4. The van der Waals surface area contributed by atoms with Gasteiger partial charge in [-0.25, -0.2) is 0 Å². The molecule has 0 aromatic carbocycles. The molecule has 0 saturated carbocycles. The van der Waals surface area contributed by atoms with Crippen LogP contribution in [0.4, 0.5) is 0 Å². The average molecular weight is 212 g/mol. The van der Waals surface area contributed by atoms with E-state index in [2.05, 4.69) is 24.5 Å². The molecule has 1 saturated heterocycles. The van der Waals surface area contributed by atoms with Crippen LogP contribution in [-0.2, 0) is 4.79 Å². The van der Waals surface area contributed by atoms with Crippen molar-refractivity contribution in [3.63, 3.8) is 0 Å². The Morgan fingerprint density at radius 3 is 2.93 bits per heavy atom. The summed E-state index contributed by atoms with van der Waals surface area (Å²) >= 11 is 0. The third-order valence-corrected chi connectivity index (χ3v) is 2.99. The highest BCUT2D eigenvalue weighted by molar-refractivity contribution is 5.75. The van der Waals surface area contributed by atoms with Gasteiger partial charge in [-0.1, -0.05) is 13.8 Å². The second-order valence-corrected chi connectivity index (χ2v) is 4.93. The number of amides is 1. The van der Waals surface area contributed by atoms with Crippen molar-refractivity contribution in [1.82, 2.24) is 10.6 Å². The van der Waals surface area contributed by atoms with Crippen LogP contribution in [0.2, 0.25) is 0 Å². The first kappa shape index (κ1) is 12.5. The molecule has 0 aromatic rings. The Labute approximate surface area is 93.0 Å². The molecule has 88 valence electrons. The van der Waals surface area contributed by atoms with Crippen molar-refractivity contribution in [3.8, 4) is 0 Å². The highest BCUT2D eigenvalue weighted by atomic mass is 16.1. The third kappa shape index (κ3) is 5.78. The van der Waals surface area contributed by atoms with Gasteiger partial charge in [0.1, 0.15) is 0 Å². The number of hydrogen-bond acceptors (Lipinski definition) is 2. The Morgan fingerprint density at radius 1 is 1.53 bits per heavy atom. The van der Waals surface area contributed by atoms with E-state index < -0.39 is 0 Å². The molecule has 0 bridgehead atoms. The van der Waals surface area contributed by atoms with Crippen LogP contribution in [0.25, 0.3) is 0 Å². The van der Waals surface area contributed by atoms with Crippen LogP contribution in [0.3, 0.4) is 0 Å². The highest BCUT2D eigenvalue weighted by Gasteiger charge is 2.15. The van der Waals surface area contributed by atoms with Gasteiger partial charge in [-0.15, -0.1) is 0 Å². The highest BCUT2D eigenvalue weighted by Crippen LogP contribution is 2.13. The molecule has 1 aliphatic heterocycles. The maximum absolute atomic E-state index is 11.4. The monoisotopic (exact) mass is 212 g/mol. The molecular weight excluding hydrogens is 188 g/mol. The van der Waals surface area contributed by atoms with Crippen molar-refractivity contribution in [3.05, 3.63) is 0 Å². The topological polar surface area (TPSA) is 41.1 Å². The molecule has 0 radical (unpaired) electrons. The lowest BCUT2D eigenvalue weighted by Gasteiger charge is -2.09. The van der Waals surface area contributed by atoms with Gasteiger partial charge in [0.15, 0.2) is 0 Å². The fourth-order valence-electron chi connectivity index (χ4n) is 1.88. The molecule has 3 heteroatoms. The standard InChI is InChI=1S/C12H24N2O/c1-10(2)5-8-14-12(15)4-3-11-6-7-13-9-11/h10-11,13H,3-9H2,1-2H3,(H,14,15). The molecule has 2 N–H and O–H groups in total. The second kappa shape index (κ2) is 6.83. The summed E-state index contributed by atoms with van der Waals surface area (Å²) in [6.07, 6.45) is 4.06. The first-order chi connectivity index (χ1) is 7.18. The molecule has 1 unspecified atom stereocenters. The molecule has 1 atom stereocenters. The van der Waals surface area contributed by atoms with Crippen molar-refractivity contribution in [1.29, 1.82) is 0 Å².